The summed E-state index contributed by atoms with van der Waals surface area (Å²) in [4.78, 5) is -0.687. The van der Waals surface area contributed by atoms with Crippen LogP contribution in [0, 0.1) is 11.2 Å². The van der Waals surface area contributed by atoms with Gasteiger partial charge in [0.25, 0.3) is 6.43 Å². The number of hydrogen-bond donors (Lipinski definition) is 3. The molecule has 0 amide bonds. The third-order valence-electron chi connectivity index (χ3n) is 3.57. The smallest absolute Gasteiger partial charge is 0.288 e. The molecule has 1 heterocycles. The second kappa shape index (κ2) is 6.99. The van der Waals surface area contributed by atoms with Crippen LogP contribution in [0.25, 0.3) is 0 Å². The third kappa shape index (κ3) is 3.50. The van der Waals surface area contributed by atoms with Gasteiger partial charge in [-0.3, -0.25) is 5.41 Å². The lowest BCUT2D eigenvalue weighted by molar-refractivity contribution is 0.228. The number of anilines is 1. The standard InChI is InChI=1S/C14H15F3N4OS2/c1-3-14(7-24(22)21(2)13(18)20-14)9-6-8(4-5-10(9)15)19-12(23)11(16)17/h3-6,11H,1,7H2,2H3,(H2,18,20)(H,19,23)/t14-,24?/m0/s1. The quantitative estimate of drug-likeness (QED) is 0.427. The van der Waals surface area contributed by atoms with Crippen LogP contribution in [0.2, 0.25) is 0 Å². The molecule has 2 atom stereocenters. The minimum atomic E-state index is -2.84. The van der Waals surface area contributed by atoms with Gasteiger partial charge >= 0.3 is 0 Å². The SMILES string of the molecule is C=C[C@@]1(c2cc(NC(=S)C(F)F)ccc2F)C[S+]([O-])N(C)C(=N)N1. The van der Waals surface area contributed by atoms with E-state index in [0.717, 1.165) is 6.07 Å². The Morgan fingerprint density at radius 3 is 2.83 bits per heavy atom. The van der Waals surface area contributed by atoms with Crippen molar-refractivity contribution in [2.45, 2.75) is 12.0 Å². The number of thiocarbonyl (C=S) groups is 1. The molecule has 0 aromatic heterocycles. The zero-order valence-corrected chi connectivity index (χ0v) is 14.2. The molecule has 1 unspecified atom stereocenters. The summed E-state index contributed by atoms with van der Waals surface area (Å²) >= 11 is 2.95. The number of alkyl halides is 2. The van der Waals surface area contributed by atoms with Gasteiger partial charge in [0, 0.05) is 11.3 Å². The first-order chi connectivity index (χ1) is 11.2. The summed E-state index contributed by atoms with van der Waals surface area (Å²) in [6.07, 6.45) is -1.50. The molecule has 1 aromatic carbocycles. The summed E-state index contributed by atoms with van der Waals surface area (Å²) in [5.41, 5.74) is -1.11. The zero-order valence-electron chi connectivity index (χ0n) is 12.6. The lowest BCUT2D eigenvalue weighted by Crippen LogP contribution is -2.61. The summed E-state index contributed by atoms with van der Waals surface area (Å²) < 4.78 is 52.8. The van der Waals surface area contributed by atoms with E-state index in [9.17, 15) is 17.7 Å². The Hall–Kier alpha value is -1.78. The maximum absolute atomic E-state index is 14.4. The second-order valence-electron chi connectivity index (χ2n) is 5.10. The van der Waals surface area contributed by atoms with Crippen molar-refractivity contribution in [3.05, 3.63) is 42.2 Å². The minimum Gasteiger partial charge on any atom is -0.593 e. The van der Waals surface area contributed by atoms with E-state index in [-0.39, 0.29) is 23.0 Å². The number of nitrogens with one attached hydrogen (secondary N) is 3. The van der Waals surface area contributed by atoms with Gasteiger partial charge in [-0.1, -0.05) is 18.3 Å². The van der Waals surface area contributed by atoms with Crippen molar-refractivity contribution in [3.63, 3.8) is 0 Å². The fourth-order valence-corrected chi connectivity index (χ4v) is 3.52. The highest BCUT2D eigenvalue weighted by Crippen LogP contribution is 2.32. The average molecular weight is 376 g/mol. The Balaban J connectivity index is 2.43. The van der Waals surface area contributed by atoms with Crippen molar-refractivity contribution in [3.8, 4) is 0 Å². The molecule has 1 aliphatic heterocycles. The van der Waals surface area contributed by atoms with Gasteiger partial charge in [0.05, 0.1) is 18.4 Å². The van der Waals surface area contributed by atoms with E-state index in [1.165, 1.54) is 29.6 Å². The van der Waals surface area contributed by atoms with Crippen LogP contribution < -0.4 is 10.6 Å². The van der Waals surface area contributed by atoms with Crippen LogP contribution in [-0.2, 0) is 16.9 Å². The zero-order chi connectivity index (χ0) is 18.1. The number of halogens is 3. The predicted molar refractivity (Wildman–Crippen MR) is 92.1 cm³/mol. The molecule has 0 bridgehead atoms. The Kier molecular flexibility index (Phi) is 5.41. The van der Waals surface area contributed by atoms with Crippen molar-refractivity contribution in [2.75, 3.05) is 18.1 Å². The van der Waals surface area contributed by atoms with E-state index in [2.05, 4.69) is 29.4 Å². The molecule has 3 N–H and O–H groups in total. The maximum Gasteiger partial charge on any atom is 0.288 e. The summed E-state index contributed by atoms with van der Waals surface area (Å²) in [6.45, 7) is 3.64. The van der Waals surface area contributed by atoms with E-state index >= 15 is 0 Å². The Bertz CT molecular complexity index is 688. The fourth-order valence-electron chi connectivity index (χ4n) is 2.23. The maximum atomic E-state index is 14.4. The van der Waals surface area contributed by atoms with Crippen molar-refractivity contribution < 1.29 is 17.7 Å². The highest BCUT2D eigenvalue weighted by Gasteiger charge is 2.44. The number of nitrogens with zero attached hydrogens (tertiary/aromatic N) is 1. The highest BCUT2D eigenvalue weighted by atomic mass is 32.2. The molecule has 10 heteroatoms. The van der Waals surface area contributed by atoms with Gasteiger partial charge in [-0.15, -0.1) is 6.58 Å². The van der Waals surface area contributed by atoms with E-state index in [4.69, 9.17) is 5.41 Å². The lowest BCUT2D eigenvalue weighted by Gasteiger charge is -2.40. The summed E-state index contributed by atoms with van der Waals surface area (Å²) in [7, 11) is 1.47. The van der Waals surface area contributed by atoms with Gasteiger partial charge in [-0.2, -0.15) is 4.31 Å². The molecular weight excluding hydrogens is 361 g/mol. The fraction of sp³-hybridized carbons (Fsp3) is 0.286. The van der Waals surface area contributed by atoms with Crippen molar-refractivity contribution >= 4 is 40.2 Å². The molecule has 1 aliphatic rings. The van der Waals surface area contributed by atoms with Crippen molar-refractivity contribution in [1.82, 2.24) is 9.62 Å². The Morgan fingerprint density at radius 1 is 1.62 bits per heavy atom. The molecule has 24 heavy (non-hydrogen) atoms. The van der Waals surface area contributed by atoms with Crippen molar-refractivity contribution in [1.29, 1.82) is 5.41 Å². The largest absolute Gasteiger partial charge is 0.593 e. The van der Waals surface area contributed by atoms with E-state index in [0.29, 0.717) is 0 Å². The molecule has 1 aromatic rings. The molecule has 0 radical (unpaired) electrons. The van der Waals surface area contributed by atoms with E-state index in [1.807, 2.05) is 0 Å². The number of benzene rings is 1. The van der Waals surface area contributed by atoms with Gasteiger partial charge in [0.2, 0.25) is 5.96 Å². The molecule has 5 nitrogen and oxygen atoms in total. The minimum absolute atomic E-state index is 0.0331. The van der Waals surface area contributed by atoms with Crippen LogP contribution >= 0.6 is 12.2 Å². The van der Waals surface area contributed by atoms with Crippen LogP contribution in [0.15, 0.2) is 30.9 Å². The molecule has 2 rings (SSSR count). The summed E-state index contributed by atoms with van der Waals surface area (Å²) in [5.74, 6) is -0.875. The third-order valence-corrected chi connectivity index (χ3v) is 5.35. The first-order valence-corrected chi connectivity index (χ1v) is 8.40. The predicted octanol–water partition coefficient (Wildman–Crippen LogP) is 2.34. The van der Waals surface area contributed by atoms with Crippen LogP contribution in [0.5, 0.6) is 0 Å². The van der Waals surface area contributed by atoms with Gasteiger partial charge in [0.15, 0.2) is 5.75 Å². The average Bonchev–Trinajstić information content (AvgIpc) is 2.53. The van der Waals surface area contributed by atoms with Crippen LogP contribution in [0.4, 0.5) is 18.9 Å². The van der Waals surface area contributed by atoms with Crippen molar-refractivity contribution in [2.24, 2.45) is 0 Å². The number of rotatable bonds is 4. The van der Waals surface area contributed by atoms with Gasteiger partial charge in [-0.05, 0) is 18.2 Å². The molecule has 0 spiro atoms. The molecule has 0 saturated carbocycles. The van der Waals surface area contributed by atoms with Gasteiger partial charge < -0.3 is 15.2 Å². The molecule has 130 valence electrons. The Morgan fingerprint density at radius 2 is 2.29 bits per heavy atom. The number of guanidine groups is 1. The van der Waals surface area contributed by atoms with Crippen LogP contribution in [-0.4, -0.2) is 39.0 Å². The molecule has 1 saturated heterocycles. The normalized spacial score (nSPS) is 23.8. The lowest BCUT2D eigenvalue weighted by atomic mass is 9.90. The molecular formula is C14H15F3N4OS2. The van der Waals surface area contributed by atoms with Gasteiger partial charge in [-0.25, -0.2) is 13.2 Å². The van der Waals surface area contributed by atoms with E-state index < -0.39 is 34.1 Å². The summed E-state index contributed by atoms with van der Waals surface area (Å²) in [6, 6.07) is 3.64. The van der Waals surface area contributed by atoms with Gasteiger partial charge in [0.1, 0.15) is 16.3 Å². The monoisotopic (exact) mass is 376 g/mol. The second-order valence-corrected chi connectivity index (χ2v) is 7.02. The van der Waals surface area contributed by atoms with E-state index in [1.54, 1.807) is 0 Å². The first-order valence-electron chi connectivity index (χ1n) is 6.72. The molecule has 0 aliphatic carbocycles. The summed E-state index contributed by atoms with van der Waals surface area (Å²) in [5, 5.41) is 12.9. The van der Waals surface area contributed by atoms with Crippen LogP contribution in [0.3, 0.4) is 0 Å². The topological polar surface area (TPSA) is 74.2 Å². The molecule has 1 fully saturated rings. The number of hydrogen-bond acceptors (Lipinski definition) is 3. The highest BCUT2D eigenvalue weighted by molar-refractivity contribution is 7.89. The Labute approximate surface area is 145 Å². The first kappa shape index (κ1) is 18.6. The van der Waals surface area contributed by atoms with Crippen LogP contribution in [0.1, 0.15) is 5.56 Å².